The maximum atomic E-state index is 13.2. The Balaban J connectivity index is 1.42. The number of halogens is 3. The third-order valence-corrected chi connectivity index (χ3v) is 5.65. The molecule has 1 amide bonds. The second-order valence-corrected chi connectivity index (χ2v) is 7.53. The van der Waals surface area contributed by atoms with Crippen LogP contribution in [0.4, 0.5) is 13.2 Å². The molecule has 4 rings (SSSR count). The van der Waals surface area contributed by atoms with E-state index >= 15 is 0 Å². The number of hydrogen-bond acceptors (Lipinski definition) is 7. The van der Waals surface area contributed by atoms with Gasteiger partial charge in [0, 0.05) is 24.7 Å². The average molecular weight is 468 g/mol. The molecule has 2 saturated heterocycles. The number of pyridine rings is 1. The molecule has 0 bridgehead atoms. The molecule has 2 aliphatic heterocycles. The smallest absolute Gasteiger partial charge is 0.493 e. The van der Waals surface area contributed by atoms with Crippen molar-refractivity contribution in [2.75, 3.05) is 40.2 Å². The van der Waals surface area contributed by atoms with Crippen molar-refractivity contribution in [3.8, 4) is 11.5 Å². The number of methoxy groups -OCH3 is 1. The molecule has 2 fully saturated rings. The number of fused-ring (bicyclic) bond motifs is 1. The Morgan fingerprint density at radius 2 is 2.09 bits per heavy atom. The summed E-state index contributed by atoms with van der Waals surface area (Å²) in [6.45, 7) is -0.108. The number of ether oxygens (including phenoxy) is 5. The molecule has 0 saturated carbocycles. The molecule has 0 radical (unpaired) electrons. The number of carbonyl (C=O) groups excluding carboxylic acids is 1. The summed E-state index contributed by atoms with van der Waals surface area (Å²) >= 11 is 0. The highest BCUT2D eigenvalue weighted by atomic mass is 19.4. The minimum absolute atomic E-state index is 0.126. The van der Waals surface area contributed by atoms with Crippen LogP contribution in [0, 0.1) is 0 Å². The molecule has 11 heteroatoms. The quantitative estimate of drug-likeness (QED) is 0.578. The van der Waals surface area contributed by atoms with Gasteiger partial charge in [0.2, 0.25) is 0 Å². The van der Waals surface area contributed by atoms with Gasteiger partial charge in [-0.3, -0.25) is 14.5 Å². The number of aromatic nitrogens is 1. The highest BCUT2D eigenvalue weighted by Crippen LogP contribution is 2.42. The van der Waals surface area contributed by atoms with Crippen LogP contribution in [0.2, 0.25) is 0 Å². The van der Waals surface area contributed by atoms with Crippen LogP contribution in [-0.2, 0) is 19.8 Å². The van der Waals surface area contributed by atoms with Gasteiger partial charge in [-0.25, -0.2) is 0 Å². The molecule has 33 heavy (non-hydrogen) atoms. The van der Waals surface area contributed by atoms with Crippen LogP contribution in [0.25, 0.3) is 0 Å². The minimum Gasteiger partial charge on any atom is -0.493 e. The van der Waals surface area contributed by atoms with Crippen molar-refractivity contribution < 1.29 is 41.7 Å². The number of benzene rings is 1. The van der Waals surface area contributed by atoms with Crippen LogP contribution in [0.1, 0.15) is 22.5 Å². The number of rotatable bonds is 7. The van der Waals surface area contributed by atoms with Gasteiger partial charge in [-0.1, -0.05) is 6.07 Å². The summed E-state index contributed by atoms with van der Waals surface area (Å²) in [6.07, 6.45) is -2.85. The summed E-state index contributed by atoms with van der Waals surface area (Å²) in [5, 5.41) is 0. The van der Waals surface area contributed by atoms with Crippen molar-refractivity contribution in [2.45, 2.75) is 24.5 Å². The predicted octanol–water partition coefficient (Wildman–Crippen LogP) is 3.12. The SMILES string of the molecule is COc1cc(C(=O)N2CCC3(c4ccccn4)OCOC3C2)ccc1OCCOC(F)(F)F. The van der Waals surface area contributed by atoms with E-state index in [2.05, 4.69) is 9.72 Å². The van der Waals surface area contributed by atoms with Gasteiger partial charge in [0.15, 0.2) is 11.5 Å². The fourth-order valence-corrected chi connectivity index (χ4v) is 4.05. The zero-order chi connectivity index (χ0) is 23.5. The molecule has 2 aromatic rings. The van der Waals surface area contributed by atoms with E-state index in [0.717, 1.165) is 5.69 Å². The number of amides is 1. The lowest BCUT2D eigenvalue weighted by Gasteiger charge is -2.41. The first-order valence-electron chi connectivity index (χ1n) is 10.3. The summed E-state index contributed by atoms with van der Waals surface area (Å²) in [5.74, 6) is 0.207. The molecular formula is C22H23F3N2O6. The molecule has 0 N–H and O–H groups in total. The molecule has 8 nitrogen and oxygen atoms in total. The first-order valence-corrected chi connectivity index (χ1v) is 10.3. The van der Waals surface area contributed by atoms with Gasteiger partial charge in [-0.15, -0.1) is 13.2 Å². The van der Waals surface area contributed by atoms with E-state index in [4.69, 9.17) is 18.9 Å². The topological polar surface area (TPSA) is 79.4 Å². The van der Waals surface area contributed by atoms with Crippen LogP contribution in [0.5, 0.6) is 11.5 Å². The van der Waals surface area contributed by atoms with E-state index in [9.17, 15) is 18.0 Å². The summed E-state index contributed by atoms with van der Waals surface area (Å²) in [7, 11) is 1.38. The molecule has 3 heterocycles. The summed E-state index contributed by atoms with van der Waals surface area (Å²) in [5.41, 5.74) is 0.443. The van der Waals surface area contributed by atoms with Gasteiger partial charge in [-0.2, -0.15) is 0 Å². The first-order chi connectivity index (χ1) is 15.8. The van der Waals surface area contributed by atoms with E-state index in [1.54, 1.807) is 11.1 Å². The number of hydrogen-bond donors (Lipinski definition) is 0. The van der Waals surface area contributed by atoms with E-state index in [1.807, 2.05) is 18.2 Å². The third-order valence-electron chi connectivity index (χ3n) is 5.65. The number of carbonyl (C=O) groups is 1. The van der Waals surface area contributed by atoms with Crippen LogP contribution in [-0.4, -0.2) is 68.5 Å². The van der Waals surface area contributed by atoms with Crippen molar-refractivity contribution in [3.63, 3.8) is 0 Å². The van der Waals surface area contributed by atoms with E-state index in [0.29, 0.717) is 25.1 Å². The molecule has 1 aromatic heterocycles. The monoisotopic (exact) mass is 468 g/mol. The Labute approximate surface area is 188 Å². The highest BCUT2D eigenvalue weighted by molar-refractivity contribution is 5.95. The Morgan fingerprint density at radius 3 is 2.82 bits per heavy atom. The normalized spacial score (nSPS) is 22.7. The standard InChI is InChI=1S/C22H23F3N2O6/c1-29-17-12-15(5-6-16(17)30-10-11-32-22(23,24)25)20(28)27-9-7-21(18-4-2-3-8-26-18)19(13-27)31-14-33-21/h2-6,8,12,19H,7,9-11,13-14H2,1H3. The molecule has 0 aliphatic carbocycles. The van der Waals surface area contributed by atoms with Crippen molar-refractivity contribution in [1.82, 2.24) is 9.88 Å². The molecule has 2 atom stereocenters. The zero-order valence-electron chi connectivity index (χ0n) is 17.8. The summed E-state index contributed by atoms with van der Waals surface area (Å²) in [6, 6.07) is 10.1. The zero-order valence-corrected chi connectivity index (χ0v) is 17.8. The number of likely N-dealkylation sites (tertiary alicyclic amines) is 1. The van der Waals surface area contributed by atoms with E-state index < -0.39 is 18.6 Å². The van der Waals surface area contributed by atoms with Crippen molar-refractivity contribution >= 4 is 5.91 Å². The van der Waals surface area contributed by atoms with Gasteiger partial charge in [0.25, 0.3) is 5.91 Å². The maximum absolute atomic E-state index is 13.2. The third kappa shape index (κ3) is 5.05. The second kappa shape index (κ2) is 9.54. The van der Waals surface area contributed by atoms with Gasteiger partial charge >= 0.3 is 6.36 Å². The van der Waals surface area contributed by atoms with Gasteiger partial charge in [-0.05, 0) is 30.3 Å². The lowest BCUT2D eigenvalue weighted by molar-refractivity contribution is -0.325. The average Bonchev–Trinajstić information content (AvgIpc) is 3.26. The molecule has 2 aliphatic rings. The number of nitrogens with zero attached hydrogens (tertiary/aromatic N) is 2. The Hall–Kier alpha value is -2.89. The Bertz CT molecular complexity index is 974. The van der Waals surface area contributed by atoms with Gasteiger partial charge < -0.3 is 23.8 Å². The molecular weight excluding hydrogens is 445 g/mol. The van der Waals surface area contributed by atoms with Crippen LogP contribution in [0.3, 0.4) is 0 Å². The number of piperidine rings is 1. The summed E-state index contributed by atoms with van der Waals surface area (Å²) < 4.78 is 62.2. The van der Waals surface area contributed by atoms with Gasteiger partial charge in [0.05, 0.1) is 26.0 Å². The van der Waals surface area contributed by atoms with Crippen LogP contribution < -0.4 is 9.47 Å². The fraction of sp³-hybridized carbons (Fsp3) is 0.455. The van der Waals surface area contributed by atoms with E-state index in [1.165, 1.54) is 25.3 Å². The molecule has 0 spiro atoms. The lowest BCUT2D eigenvalue weighted by Crippen LogP contribution is -2.53. The summed E-state index contributed by atoms with van der Waals surface area (Å²) in [4.78, 5) is 19.3. The van der Waals surface area contributed by atoms with Crippen LogP contribution in [0.15, 0.2) is 42.6 Å². The first kappa shape index (κ1) is 23.3. The molecule has 1 aromatic carbocycles. The largest absolute Gasteiger partial charge is 0.522 e. The number of alkyl halides is 3. The second-order valence-electron chi connectivity index (χ2n) is 7.53. The Morgan fingerprint density at radius 1 is 1.24 bits per heavy atom. The predicted molar refractivity (Wildman–Crippen MR) is 108 cm³/mol. The van der Waals surface area contributed by atoms with E-state index in [-0.39, 0.29) is 36.9 Å². The molecule has 178 valence electrons. The van der Waals surface area contributed by atoms with Crippen LogP contribution >= 0.6 is 0 Å². The van der Waals surface area contributed by atoms with Crippen molar-refractivity contribution in [1.29, 1.82) is 0 Å². The fourth-order valence-electron chi connectivity index (χ4n) is 4.05. The molecule has 2 unspecified atom stereocenters. The highest BCUT2D eigenvalue weighted by Gasteiger charge is 2.52. The van der Waals surface area contributed by atoms with Crippen molar-refractivity contribution in [3.05, 3.63) is 53.9 Å². The van der Waals surface area contributed by atoms with Gasteiger partial charge in [0.1, 0.15) is 25.1 Å². The van der Waals surface area contributed by atoms with Crippen molar-refractivity contribution in [2.24, 2.45) is 0 Å². The Kier molecular flexibility index (Phi) is 6.73. The maximum Gasteiger partial charge on any atom is 0.522 e. The lowest BCUT2D eigenvalue weighted by atomic mass is 9.85. The minimum atomic E-state index is -4.72.